The number of fused-ring (bicyclic) bond motifs is 1. The van der Waals surface area contributed by atoms with Crippen molar-refractivity contribution < 1.29 is 14.3 Å². The molecule has 0 bridgehead atoms. The highest BCUT2D eigenvalue weighted by atomic mass is 32.1. The van der Waals surface area contributed by atoms with E-state index in [0.29, 0.717) is 24.0 Å². The second-order valence-corrected chi connectivity index (χ2v) is 7.20. The van der Waals surface area contributed by atoms with Gasteiger partial charge in [-0.15, -0.1) is 11.3 Å². The van der Waals surface area contributed by atoms with Crippen molar-refractivity contribution in [2.45, 2.75) is 31.8 Å². The van der Waals surface area contributed by atoms with E-state index in [1.54, 1.807) is 11.3 Å². The van der Waals surface area contributed by atoms with Crippen LogP contribution in [0.4, 0.5) is 0 Å². The van der Waals surface area contributed by atoms with Gasteiger partial charge in [-0.05, 0) is 31.9 Å². The summed E-state index contributed by atoms with van der Waals surface area (Å²) < 4.78 is 11.5. The van der Waals surface area contributed by atoms with E-state index in [0.717, 1.165) is 30.1 Å². The second kappa shape index (κ2) is 6.43. The third kappa shape index (κ3) is 2.98. The number of carbonyl (C=O) groups is 1. The molecule has 2 atom stereocenters. The number of para-hydroxylation sites is 2. The van der Waals surface area contributed by atoms with Crippen LogP contribution in [0.3, 0.4) is 0 Å². The van der Waals surface area contributed by atoms with E-state index in [9.17, 15) is 4.79 Å². The van der Waals surface area contributed by atoms with Gasteiger partial charge in [0.05, 0.1) is 5.01 Å². The first-order chi connectivity index (χ1) is 11.7. The van der Waals surface area contributed by atoms with Crippen molar-refractivity contribution in [1.29, 1.82) is 0 Å². The van der Waals surface area contributed by atoms with Crippen LogP contribution in [0.15, 0.2) is 29.6 Å². The number of aryl methyl sites for hydroxylation is 1. The third-order valence-electron chi connectivity index (χ3n) is 4.50. The van der Waals surface area contributed by atoms with Gasteiger partial charge in [0.25, 0.3) is 5.91 Å². The van der Waals surface area contributed by atoms with Crippen LogP contribution in [0.25, 0.3) is 0 Å². The number of carbonyl (C=O) groups excluding carboxylic acids is 1. The largest absolute Gasteiger partial charge is 0.485 e. The standard InChI is InChI=1S/C18H20N2O3S/c1-12-11-24-17(19-12)13-5-4-8-20(9-13)18(21)16-10-22-14-6-2-3-7-15(14)23-16/h2-3,6-7,11,13,16H,4-5,8-10H2,1H3/t13-,16-/m1/s1. The van der Waals surface area contributed by atoms with Gasteiger partial charge >= 0.3 is 0 Å². The number of amides is 1. The van der Waals surface area contributed by atoms with E-state index < -0.39 is 6.10 Å². The zero-order valence-corrected chi connectivity index (χ0v) is 14.4. The zero-order chi connectivity index (χ0) is 16.5. The number of hydrogen-bond donors (Lipinski definition) is 0. The minimum atomic E-state index is -0.559. The molecule has 1 aromatic carbocycles. The lowest BCUT2D eigenvalue weighted by Crippen LogP contribution is -2.49. The van der Waals surface area contributed by atoms with Crippen LogP contribution in [0.1, 0.15) is 29.5 Å². The van der Waals surface area contributed by atoms with Gasteiger partial charge in [0.2, 0.25) is 6.10 Å². The molecule has 1 fully saturated rings. The number of likely N-dealkylation sites (tertiary alicyclic amines) is 1. The van der Waals surface area contributed by atoms with Crippen LogP contribution in [-0.4, -0.2) is 41.6 Å². The Balaban J connectivity index is 1.45. The summed E-state index contributed by atoms with van der Waals surface area (Å²) >= 11 is 1.69. The summed E-state index contributed by atoms with van der Waals surface area (Å²) in [5.74, 6) is 1.70. The average molecular weight is 344 g/mol. The fraction of sp³-hybridized carbons (Fsp3) is 0.444. The lowest BCUT2D eigenvalue weighted by atomic mass is 9.98. The van der Waals surface area contributed by atoms with Gasteiger partial charge in [-0.3, -0.25) is 4.79 Å². The van der Waals surface area contributed by atoms with Crippen molar-refractivity contribution in [1.82, 2.24) is 9.88 Å². The molecule has 2 aromatic rings. The molecular weight excluding hydrogens is 324 g/mol. The number of ether oxygens (including phenoxy) is 2. The average Bonchev–Trinajstić information content (AvgIpc) is 3.07. The maximum absolute atomic E-state index is 12.8. The number of thiazole rings is 1. The van der Waals surface area contributed by atoms with E-state index in [1.165, 1.54) is 0 Å². The lowest BCUT2D eigenvalue weighted by Gasteiger charge is -2.35. The summed E-state index contributed by atoms with van der Waals surface area (Å²) in [6.07, 6.45) is 1.53. The minimum absolute atomic E-state index is 0.0162. The van der Waals surface area contributed by atoms with Crippen molar-refractivity contribution in [2.75, 3.05) is 19.7 Å². The van der Waals surface area contributed by atoms with Crippen LogP contribution in [0, 0.1) is 6.92 Å². The van der Waals surface area contributed by atoms with E-state index in [2.05, 4.69) is 10.4 Å². The van der Waals surface area contributed by atoms with Gasteiger partial charge in [-0.25, -0.2) is 4.98 Å². The molecule has 0 spiro atoms. The molecular formula is C18H20N2O3S. The Bertz CT molecular complexity index is 745. The van der Waals surface area contributed by atoms with Gasteiger partial charge in [0, 0.05) is 30.1 Å². The molecule has 4 rings (SSSR count). The Morgan fingerprint density at radius 2 is 2.17 bits per heavy atom. The number of aromatic nitrogens is 1. The third-order valence-corrected chi connectivity index (χ3v) is 5.63. The summed E-state index contributed by atoms with van der Waals surface area (Å²) in [4.78, 5) is 19.4. The number of piperidine rings is 1. The zero-order valence-electron chi connectivity index (χ0n) is 13.6. The molecule has 0 saturated carbocycles. The molecule has 24 heavy (non-hydrogen) atoms. The van der Waals surface area contributed by atoms with Crippen molar-refractivity contribution >= 4 is 17.2 Å². The molecule has 2 aliphatic rings. The molecule has 5 nitrogen and oxygen atoms in total. The van der Waals surface area contributed by atoms with E-state index in [4.69, 9.17) is 9.47 Å². The summed E-state index contributed by atoms with van der Waals surface area (Å²) in [7, 11) is 0. The Hall–Kier alpha value is -2.08. The van der Waals surface area contributed by atoms with Crippen molar-refractivity contribution in [3.63, 3.8) is 0 Å². The highest BCUT2D eigenvalue weighted by Gasteiger charge is 2.34. The van der Waals surface area contributed by atoms with Gasteiger partial charge in [-0.1, -0.05) is 12.1 Å². The van der Waals surface area contributed by atoms with E-state index >= 15 is 0 Å². The first-order valence-electron chi connectivity index (χ1n) is 8.30. The first-order valence-corrected chi connectivity index (χ1v) is 9.18. The smallest absolute Gasteiger partial charge is 0.267 e. The van der Waals surface area contributed by atoms with Gasteiger partial charge in [-0.2, -0.15) is 0 Å². The predicted octanol–water partition coefficient (Wildman–Crippen LogP) is 3.00. The molecule has 6 heteroatoms. The topological polar surface area (TPSA) is 51.7 Å². The molecule has 0 radical (unpaired) electrons. The number of rotatable bonds is 2. The Morgan fingerprint density at radius 1 is 1.33 bits per heavy atom. The molecule has 2 aliphatic heterocycles. The molecule has 0 N–H and O–H groups in total. The summed E-state index contributed by atoms with van der Waals surface area (Å²) in [5, 5.41) is 3.21. The van der Waals surface area contributed by atoms with Crippen molar-refractivity contribution in [2.24, 2.45) is 0 Å². The second-order valence-electron chi connectivity index (χ2n) is 6.31. The van der Waals surface area contributed by atoms with Gasteiger partial charge in [0.1, 0.15) is 6.61 Å². The van der Waals surface area contributed by atoms with Crippen LogP contribution < -0.4 is 9.47 Å². The van der Waals surface area contributed by atoms with E-state index in [1.807, 2.05) is 36.1 Å². The van der Waals surface area contributed by atoms with Crippen LogP contribution in [-0.2, 0) is 4.79 Å². The summed E-state index contributed by atoms with van der Waals surface area (Å²) in [6, 6.07) is 7.48. The predicted molar refractivity (Wildman–Crippen MR) is 91.8 cm³/mol. The monoisotopic (exact) mass is 344 g/mol. The fourth-order valence-corrected chi connectivity index (χ4v) is 4.21. The van der Waals surface area contributed by atoms with Crippen LogP contribution >= 0.6 is 11.3 Å². The molecule has 3 heterocycles. The molecule has 126 valence electrons. The van der Waals surface area contributed by atoms with Gasteiger partial charge < -0.3 is 14.4 Å². The maximum Gasteiger partial charge on any atom is 0.267 e. The summed E-state index contributed by atoms with van der Waals surface area (Å²) in [6.45, 7) is 3.78. The van der Waals surface area contributed by atoms with Crippen molar-refractivity contribution in [3.8, 4) is 11.5 Å². The molecule has 0 aliphatic carbocycles. The molecule has 1 amide bonds. The fourth-order valence-electron chi connectivity index (χ4n) is 3.28. The molecule has 1 saturated heterocycles. The van der Waals surface area contributed by atoms with Crippen LogP contribution in [0.5, 0.6) is 11.5 Å². The van der Waals surface area contributed by atoms with E-state index in [-0.39, 0.29) is 12.5 Å². The molecule has 0 unspecified atom stereocenters. The van der Waals surface area contributed by atoms with Crippen molar-refractivity contribution in [3.05, 3.63) is 40.3 Å². The highest BCUT2D eigenvalue weighted by Crippen LogP contribution is 2.33. The maximum atomic E-state index is 12.8. The highest BCUT2D eigenvalue weighted by molar-refractivity contribution is 7.09. The Labute approximate surface area is 145 Å². The number of nitrogens with zero attached hydrogens (tertiary/aromatic N) is 2. The van der Waals surface area contributed by atoms with Crippen LogP contribution in [0.2, 0.25) is 0 Å². The Kier molecular flexibility index (Phi) is 4.14. The first kappa shape index (κ1) is 15.4. The van der Waals surface area contributed by atoms with Gasteiger partial charge in [0.15, 0.2) is 11.5 Å². The summed E-state index contributed by atoms with van der Waals surface area (Å²) in [5.41, 5.74) is 1.05. The normalized spacial score (nSPS) is 23.1. The Morgan fingerprint density at radius 3 is 2.96 bits per heavy atom. The number of benzene rings is 1. The lowest BCUT2D eigenvalue weighted by molar-refractivity contribution is -0.142. The molecule has 1 aromatic heterocycles. The number of hydrogen-bond acceptors (Lipinski definition) is 5. The minimum Gasteiger partial charge on any atom is -0.485 e. The quantitative estimate of drug-likeness (QED) is 0.840. The SMILES string of the molecule is Cc1csc([C@@H]2CCCN(C(=O)[C@H]3COc4ccccc4O3)C2)n1.